The summed E-state index contributed by atoms with van der Waals surface area (Å²) in [5.41, 5.74) is -1.15. The first-order chi connectivity index (χ1) is 13.6. The van der Waals surface area contributed by atoms with Crippen LogP contribution in [-0.4, -0.2) is 11.9 Å². The van der Waals surface area contributed by atoms with E-state index in [1.165, 1.54) is 25.1 Å². The van der Waals surface area contributed by atoms with Gasteiger partial charge in [0.2, 0.25) is 0 Å². The topological polar surface area (TPSA) is 70.2 Å². The Morgan fingerprint density at radius 1 is 1.17 bits per heavy atom. The van der Waals surface area contributed by atoms with Crippen molar-refractivity contribution in [2.24, 2.45) is 0 Å². The molecule has 5 nitrogen and oxygen atoms in total. The number of allylic oxidation sites excluding steroid dienone is 1. The largest absolute Gasteiger partial charge is 0.416 e. The number of nitrogens with one attached hydrogen (secondary N) is 3. The summed E-state index contributed by atoms with van der Waals surface area (Å²) in [5.74, 6) is -1.57. The number of rotatable bonds is 3. The minimum atomic E-state index is -4.58. The summed E-state index contributed by atoms with van der Waals surface area (Å²) in [6.45, 7) is 1.42. The van der Waals surface area contributed by atoms with Gasteiger partial charge >= 0.3 is 12.2 Å². The molecular weight excluding hydrogens is 414 g/mol. The molecule has 2 aromatic carbocycles. The van der Waals surface area contributed by atoms with Crippen LogP contribution < -0.4 is 16.0 Å². The lowest BCUT2D eigenvalue weighted by Gasteiger charge is -2.29. The van der Waals surface area contributed by atoms with E-state index in [-0.39, 0.29) is 27.5 Å². The Bertz CT molecular complexity index is 1000. The minimum absolute atomic E-state index is 0.0191. The van der Waals surface area contributed by atoms with Crippen LogP contribution in [0.5, 0.6) is 0 Å². The zero-order valence-electron chi connectivity index (χ0n) is 14.8. The lowest BCUT2D eigenvalue weighted by Crippen LogP contribution is -2.46. The van der Waals surface area contributed by atoms with Crippen LogP contribution in [0.1, 0.15) is 24.1 Å². The molecule has 0 aliphatic carbocycles. The summed E-state index contributed by atoms with van der Waals surface area (Å²) >= 11 is 6.07. The van der Waals surface area contributed by atoms with Crippen LogP contribution >= 0.6 is 11.6 Å². The number of halogens is 5. The van der Waals surface area contributed by atoms with Crippen molar-refractivity contribution in [2.45, 2.75) is 19.1 Å². The van der Waals surface area contributed by atoms with Crippen LogP contribution in [0.4, 0.5) is 28.0 Å². The van der Waals surface area contributed by atoms with E-state index in [0.717, 1.165) is 24.3 Å². The summed E-state index contributed by atoms with van der Waals surface area (Å²) in [5, 5.41) is 7.15. The fourth-order valence-electron chi connectivity index (χ4n) is 2.97. The predicted octanol–water partition coefficient (Wildman–Crippen LogP) is 4.76. The number of carbonyl (C=O) groups excluding carboxylic acids is 2. The fraction of sp³-hybridized carbons (Fsp3) is 0.158. The molecule has 3 amide bonds. The van der Waals surface area contributed by atoms with Gasteiger partial charge < -0.3 is 16.0 Å². The van der Waals surface area contributed by atoms with Crippen LogP contribution in [0.25, 0.3) is 0 Å². The van der Waals surface area contributed by atoms with Gasteiger partial charge in [0, 0.05) is 22.0 Å². The number of benzene rings is 2. The van der Waals surface area contributed by atoms with Crippen LogP contribution in [0, 0.1) is 5.82 Å². The highest BCUT2D eigenvalue weighted by atomic mass is 35.5. The number of urea groups is 1. The maximum Gasteiger partial charge on any atom is 0.416 e. The van der Waals surface area contributed by atoms with Crippen molar-refractivity contribution in [3.63, 3.8) is 0 Å². The molecule has 0 radical (unpaired) electrons. The monoisotopic (exact) mass is 427 g/mol. The summed E-state index contributed by atoms with van der Waals surface area (Å²) in [7, 11) is 0. The maximum atomic E-state index is 14.4. The van der Waals surface area contributed by atoms with E-state index in [1.54, 1.807) is 0 Å². The van der Waals surface area contributed by atoms with Crippen molar-refractivity contribution >= 4 is 29.2 Å². The third-order valence-corrected chi connectivity index (χ3v) is 4.58. The second-order valence-electron chi connectivity index (χ2n) is 6.24. The smallest absolute Gasteiger partial charge is 0.327 e. The molecule has 2 aromatic rings. The van der Waals surface area contributed by atoms with Gasteiger partial charge in [0.1, 0.15) is 5.82 Å². The van der Waals surface area contributed by atoms with E-state index in [2.05, 4.69) is 16.0 Å². The molecule has 1 heterocycles. The molecule has 10 heteroatoms. The lowest BCUT2D eigenvalue weighted by molar-refractivity contribution is -0.137. The number of alkyl halides is 3. The predicted molar refractivity (Wildman–Crippen MR) is 98.6 cm³/mol. The zero-order chi connectivity index (χ0) is 21.3. The van der Waals surface area contributed by atoms with Crippen molar-refractivity contribution in [3.8, 4) is 0 Å². The van der Waals surface area contributed by atoms with Crippen LogP contribution in [-0.2, 0) is 11.0 Å². The van der Waals surface area contributed by atoms with E-state index >= 15 is 0 Å². The molecule has 0 bridgehead atoms. The molecule has 3 N–H and O–H groups in total. The summed E-state index contributed by atoms with van der Waals surface area (Å²) in [6.07, 6.45) is -4.58. The van der Waals surface area contributed by atoms with Gasteiger partial charge in [-0.2, -0.15) is 13.2 Å². The fourth-order valence-corrected chi connectivity index (χ4v) is 3.24. The molecular formula is C19H14ClF4N3O2. The standard InChI is InChI=1S/C19H14ClF4N3O2/c1-9-14(17(28)26-11-5-2-4-10(8-11)19(22,23)24)16(27-18(29)25-9)15-12(20)6-3-7-13(15)21/h2-8,16H,1H3,(H,26,28)(H2,25,27,29)/t16-/m1/s1. The van der Waals surface area contributed by atoms with Gasteiger partial charge in [0.25, 0.3) is 5.91 Å². The van der Waals surface area contributed by atoms with Gasteiger partial charge in [0.15, 0.2) is 0 Å². The average Bonchev–Trinajstić information content (AvgIpc) is 2.60. The first kappa shape index (κ1) is 20.7. The van der Waals surface area contributed by atoms with E-state index in [1.807, 2.05) is 0 Å². The normalized spacial score (nSPS) is 16.9. The molecule has 29 heavy (non-hydrogen) atoms. The van der Waals surface area contributed by atoms with Gasteiger partial charge in [-0.25, -0.2) is 9.18 Å². The number of hydrogen-bond donors (Lipinski definition) is 3. The van der Waals surface area contributed by atoms with Crippen molar-refractivity contribution in [1.82, 2.24) is 10.6 Å². The summed E-state index contributed by atoms with van der Waals surface area (Å²) in [4.78, 5) is 24.7. The molecule has 0 unspecified atom stereocenters. The van der Waals surface area contributed by atoms with Gasteiger partial charge in [-0.15, -0.1) is 0 Å². The van der Waals surface area contributed by atoms with E-state index < -0.39 is 35.5 Å². The van der Waals surface area contributed by atoms with Crippen molar-refractivity contribution in [3.05, 3.63) is 75.7 Å². The van der Waals surface area contributed by atoms with Crippen LogP contribution in [0.3, 0.4) is 0 Å². The van der Waals surface area contributed by atoms with Crippen molar-refractivity contribution in [2.75, 3.05) is 5.32 Å². The Morgan fingerprint density at radius 3 is 2.52 bits per heavy atom. The molecule has 0 fully saturated rings. The highest BCUT2D eigenvalue weighted by Gasteiger charge is 2.35. The minimum Gasteiger partial charge on any atom is -0.327 e. The quantitative estimate of drug-likeness (QED) is 0.618. The Kier molecular flexibility index (Phi) is 5.52. The van der Waals surface area contributed by atoms with Gasteiger partial charge in [-0.05, 0) is 37.3 Å². The lowest BCUT2D eigenvalue weighted by atomic mass is 9.94. The van der Waals surface area contributed by atoms with Gasteiger partial charge in [-0.3, -0.25) is 4.79 Å². The number of anilines is 1. The first-order valence-corrected chi connectivity index (χ1v) is 8.66. The Balaban J connectivity index is 1.99. The van der Waals surface area contributed by atoms with E-state index in [9.17, 15) is 27.2 Å². The van der Waals surface area contributed by atoms with Crippen LogP contribution in [0.2, 0.25) is 5.02 Å². The Morgan fingerprint density at radius 2 is 1.86 bits per heavy atom. The summed E-state index contributed by atoms with van der Waals surface area (Å²) < 4.78 is 53.1. The molecule has 0 aromatic heterocycles. The van der Waals surface area contributed by atoms with Gasteiger partial charge in [0.05, 0.1) is 17.2 Å². The highest BCUT2D eigenvalue weighted by Crippen LogP contribution is 2.35. The molecule has 152 valence electrons. The zero-order valence-corrected chi connectivity index (χ0v) is 15.6. The maximum absolute atomic E-state index is 14.4. The summed E-state index contributed by atoms with van der Waals surface area (Å²) in [6, 6.07) is 6.03. The molecule has 3 rings (SSSR count). The second kappa shape index (κ2) is 7.75. The molecule has 1 aliphatic heterocycles. The van der Waals surface area contributed by atoms with Crippen molar-refractivity contribution < 1.29 is 27.2 Å². The molecule has 0 saturated heterocycles. The van der Waals surface area contributed by atoms with E-state index in [0.29, 0.717) is 0 Å². The highest BCUT2D eigenvalue weighted by molar-refractivity contribution is 6.31. The number of hydrogen-bond acceptors (Lipinski definition) is 2. The van der Waals surface area contributed by atoms with Crippen LogP contribution in [0.15, 0.2) is 53.7 Å². The van der Waals surface area contributed by atoms with Gasteiger partial charge in [-0.1, -0.05) is 23.7 Å². The second-order valence-corrected chi connectivity index (χ2v) is 6.65. The van der Waals surface area contributed by atoms with E-state index in [4.69, 9.17) is 11.6 Å². The average molecular weight is 428 g/mol. The van der Waals surface area contributed by atoms with Crippen molar-refractivity contribution in [1.29, 1.82) is 0 Å². The molecule has 1 aliphatic rings. The first-order valence-electron chi connectivity index (χ1n) is 8.28. The Labute approximate surface area is 167 Å². The molecule has 1 atom stereocenters. The SMILES string of the molecule is CC1=C(C(=O)Nc2cccc(C(F)(F)F)c2)[C@H](c2c(F)cccc2Cl)NC(=O)N1. The number of amides is 3. The third kappa shape index (κ3) is 4.34. The third-order valence-electron chi connectivity index (χ3n) is 4.25. The Hall–Kier alpha value is -3.07. The molecule has 0 saturated carbocycles. The molecule has 0 spiro atoms. The number of carbonyl (C=O) groups is 2.